The third kappa shape index (κ3) is 4.49. The Balaban J connectivity index is 2.41. The van der Waals surface area contributed by atoms with Crippen molar-refractivity contribution in [3.8, 4) is 5.75 Å². The van der Waals surface area contributed by atoms with Crippen LogP contribution < -0.4 is 4.74 Å². The van der Waals surface area contributed by atoms with Gasteiger partial charge in [-0.05, 0) is 24.1 Å². The number of benzene rings is 1. The van der Waals surface area contributed by atoms with Crippen molar-refractivity contribution in [3.05, 3.63) is 29.8 Å². The molecule has 1 aromatic carbocycles. The molecule has 82 valence electrons. The van der Waals surface area contributed by atoms with Crippen molar-refractivity contribution < 1.29 is 9.57 Å². The maximum absolute atomic E-state index is 5.10. The second-order valence-corrected chi connectivity index (χ2v) is 3.20. The number of unbranched alkanes of at least 4 members (excludes halogenated alkanes) is 1. The summed E-state index contributed by atoms with van der Waals surface area (Å²) < 4.78 is 5.10. The van der Waals surface area contributed by atoms with E-state index >= 15 is 0 Å². The molecule has 0 aliphatic rings. The molecule has 0 unspecified atom stereocenters. The van der Waals surface area contributed by atoms with E-state index in [0.29, 0.717) is 6.61 Å². The third-order valence-electron chi connectivity index (χ3n) is 1.96. The van der Waals surface area contributed by atoms with Gasteiger partial charge in [0.15, 0.2) is 0 Å². The molecule has 0 spiro atoms. The van der Waals surface area contributed by atoms with Crippen LogP contribution in [0, 0.1) is 0 Å². The van der Waals surface area contributed by atoms with E-state index < -0.39 is 0 Å². The van der Waals surface area contributed by atoms with Crippen molar-refractivity contribution in [1.29, 1.82) is 0 Å². The second kappa shape index (κ2) is 6.87. The molecule has 0 radical (unpaired) electrons. The minimum Gasteiger partial charge on any atom is -0.497 e. The van der Waals surface area contributed by atoms with Gasteiger partial charge >= 0.3 is 0 Å². The number of nitrogens with zero attached hydrogens (tertiary/aromatic N) is 1. The molecule has 0 heterocycles. The predicted octanol–water partition coefficient (Wildman–Crippen LogP) is 2.85. The highest BCUT2D eigenvalue weighted by Crippen LogP contribution is 2.10. The van der Waals surface area contributed by atoms with E-state index in [0.717, 1.165) is 24.2 Å². The first kappa shape index (κ1) is 11.6. The van der Waals surface area contributed by atoms with Gasteiger partial charge in [-0.25, -0.2) is 0 Å². The van der Waals surface area contributed by atoms with Gasteiger partial charge in [0.05, 0.1) is 13.3 Å². The van der Waals surface area contributed by atoms with Gasteiger partial charge in [0, 0.05) is 0 Å². The van der Waals surface area contributed by atoms with Gasteiger partial charge in [-0.1, -0.05) is 30.6 Å². The highest BCUT2D eigenvalue weighted by atomic mass is 16.6. The molecule has 1 rings (SSSR count). The molecule has 3 heteroatoms. The predicted molar refractivity (Wildman–Crippen MR) is 61.4 cm³/mol. The second-order valence-electron chi connectivity index (χ2n) is 3.20. The van der Waals surface area contributed by atoms with Gasteiger partial charge in [0.1, 0.15) is 12.4 Å². The van der Waals surface area contributed by atoms with Crippen molar-refractivity contribution in [2.75, 3.05) is 13.7 Å². The molecule has 1 aromatic rings. The van der Waals surface area contributed by atoms with E-state index in [1.54, 1.807) is 13.3 Å². The lowest BCUT2D eigenvalue weighted by Gasteiger charge is -1.99. The summed E-state index contributed by atoms with van der Waals surface area (Å²) in [5, 5.41) is 3.87. The largest absolute Gasteiger partial charge is 0.497 e. The summed E-state index contributed by atoms with van der Waals surface area (Å²) in [6.07, 6.45) is 3.85. The molecule has 0 bridgehead atoms. The number of ether oxygens (including phenoxy) is 1. The van der Waals surface area contributed by atoms with Crippen LogP contribution in [0.15, 0.2) is 29.4 Å². The Labute approximate surface area is 90.7 Å². The molecule has 3 nitrogen and oxygen atoms in total. The van der Waals surface area contributed by atoms with Gasteiger partial charge in [0.25, 0.3) is 0 Å². The van der Waals surface area contributed by atoms with Crippen LogP contribution in [0.1, 0.15) is 25.3 Å². The van der Waals surface area contributed by atoms with Crippen LogP contribution >= 0.6 is 0 Å². The standard InChI is InChI=1S/C12H17NO2/c1-3-4-8-15-13-10-11-6-5-7-12(9-11)14-2/h5-7,9-10H,3-4,8H2,1-2H3. The Hall–Kier alpha value is -1.51. The average molecular weight is 207 g/mol. The third-order valence-corrected chi connectivity index (χ3v) is 1.96. The average Bonchev–Trinajstić information content (AvgIpc) is 2.29. The minimum absolute atomic E-state index is 0.678. The van der Waals surface area contributed by atoms with E-state index in [9.17, 15) is 0 Å². The van der Waals surface area contributed by atoms with E-state index in [1.165, 1.54) is 0 Å². The summed E-state index contributed by atoms with van der Waals surface area (Å²) in [4.78, 5) is 5.08. The first-order chi connectivity index (χ1) is 7.36. The fraction of sp³-hybridized carbons (Fsp3) is 0.417. The van der Waals surface area contributed by atoms with Crippen LogP contribution in [-0.2, 0) is 4.84 Å². The molecule has 0 aliphatic carbocycles. The van der Waals surface area contributed by atoms with Crippen LogP contribution in [-0.4, -0.2) is 19.9 Å². The van der Waals surface area contributed by atoms with Crippen LogP contribution in [0.4, 0.5) is 0 Å². The van der Waals surface area contributed by atoms with Gasteiger partial charge in [-0.3, -0.25) is 0 Å². The number of hydrogen-bond donors (Lipinski definition) is 0. The normalized spacial score (nSPS) is 10.5. The lowest BCUT2D eigenvalue weighted by molar-refractivity contribution is 0.143. The van der Waals surface area contributed by atoms with Crippen molar-refractivity contribution in [2.24, 2.45) is 5.16 Å². The molecule has 0 aliphatic heterocycles. The van der Waals surface area contributed by atoms with Crippen molar-refractivity contribution in [3.63, 3.8) is 0 Å². The van der Waals surface area contributed by atoms with Crippen LogP contribution in [0.5, 0.6) is 5.75 Å². The van der Waals surface area contributed by atoms with Gasteiger partial charge in [0.2, 0.25) is 0 Å². The zero-order valence-electron chi connectivity index (χ0n) is 9.27. The van der Waals surface area contributed by atoms with Crippen LogP contribution in [0.2, 0.25) is 0 Å². The zero-order chi connectivity index (χ0) is 10.9. The molecule has 0 aromatic heterocycles. The SMILES string of the molecule is CCCCON=Cc1cccc(OC)c1. The molecule has 0 saturated heterocycles. The van der Waals surface area contributed by atoms with Crippen molar-refractivity contribution in [2.45, 2.75) is 19.8 Å². The number of rotatable bonds is 6. The highest BCUT2D eigenvalue weighted by molar-refractivity contribution is 5.79. The number of methoxy groups -OCH3 is 1. The van der Waals surface area contributed by atoms with E-state index in [2.05, 4.69) is 12.1 Å². The smallest absolute Gasteiger partial charge is 0.119 e. The van der Waals surface area contributed by atoms with Crippen molar-refractivity contribution in [1.82, 2.24) is 0 Å². The Morgan fingerprint density at radius 2 is 2.27 bits per heavy atom. The summed E-state index contributed by atoms with van der Waals surface area (Å²) in [7, 11) is 1.65. The van der Waals surface area contributed by atoms with Gasteiger partial charge in [-0.15, -0.1) is 0 Å². The molecule has 0 fully saturated rings. The molecular formula is C12H17NO2. The fourth-order valence-corrected chi connectivity index (χ4v) is 1.08. The lowest BCUT2D eigenvalue weighted by atomic mass is 10.2. The number of hydrogen-bond acceptors (Lipinski definition) is 3. The molecule has 0 amide bonds. The van der Waals surface area contributed by atoms with Crippen molar-refractivity contribution >= 4 is 6.21 Å². The maximum atomic E-state index is 5.10. The molecule has 0 atom stereocenters. The van der Waals surface area contributed by atoms with E-state index in [-0.39, 0.29) is 0 Å². The fourth-order valence-electron chi connectivity index (χ4n) is 1.08. The van der Waals surface area contributed by atoms with Gasteiger partial charge in [-0.2, -0.15) is 0 Å². The van der Waals surface area contributed by atoms with Gasteiger partial charge < -0.3 is 9.57 Å². The zero-order valence-corrected chi connectivity index (χ0v) is 9.27. The topological polar surface area (TPSA) is 30.8 Å². The van der Waals surface area contributed by atoms with Crippen LogP contribution in [0.25, 0.3) is 0 Å². The summed E-state index contributed by atoms with van der Waals surface area (Å²) in [5.41, 5.74) is 0.978. The highest BCUT2D eigenvalue weighted by Gasteiger charge is 1.91. The quantitative estimate of drug-likeness (QED) is 0.408. The van der Waals surface area contributed by atoms with E-state index in [1.807, 2.05) is 24.3 Å². The Bertz CT molecular complexity index is 310. The summed E-state index contributed by atoms with van der Waals surface area (Å²) in [5.74, 6) is 0.826. The number of oxime groups is 1. The summed E-state index contributed by atoms with van der Waals surface area (Å²) >= 11 is 0. The molecule has 0 saturated carbocycles. The first-order valence-electron chi connectivity index (χ1n) is 5.16. The summed E-state index contributed by atoms with van der Waals surface area (Å²) in [6.45, 7) is 2.80. The molecular weight excluding hydrogens is 190 g/mol. The molecule has 0 N–H and O–H groups in total. The molecule has 15 heavy (non-hydrogen) atoms. The minimum atomic E-state index is 0.678. The maximum Gasteiger partial charge on any atom is 0.119 e. The van der Waals surface area contributed by atoms with Crippen LogP contribution in [0.3, 0.4) is 0 Å². The Morgan fingerprint density at radius 3 is 3.00 bits per heavy atom. The Morgan fingerprint density at radius 1 is 1.40 bits per heavy atom. The monoisotopic (exact) mass is 207 g/mol. The summed E-state index contributed by atoms with van der Waals surface area (Å²) in [6, 6.07) is 7.68. The lowest BCUT2D eigenvalue weighted by Crippen LogP contribution is -1.89. The first-order valence-corrected chi connectivity index (χ1v) is 5.16. The Kier molecular flexibility index (Phi) is 5.30. The van der Waals surface area contributed by atoms with E-state index in [4.69, 9.17) is 9.57 Å².